The number of hydrogen-bond donors (Lipinski definition) is 2. The highest BCUT2D eigenvalue weighted by atomic mass is 32.1. The monoisotopic (exact) mass is 421 g/mol. The van der Waals surface area contributed by atoms with Gasteiger partial charge in [-0.2, -0.15) is 13.2 Å². The zero-order chi connectivity index (χ0) is 20.4. The largest absolute Gasteiger partial charge is 0.486 e. The van der Waals surface area contributed by atoms with Crippen molar-refractivity contribution < 1.29 is 27.4 Å². The number of halogens is 3. The molecular formula is C19H14F3N3O3S. The molecule has 1 aliphatic rings. The normalized spacial score (nSPS) is 13.1. The quantitative estimate of drug-likeness (QED) is 0.606. The van der Waals surface area contributed by atoms with E-state index in [9.17, 15) is 18.0 Å². The van der Waals surface area contributed by atoms with Crippen molar-refractivity contribution in [1.29, 1.82) is 0 Å². The number of para-hydroxylation sites is 1. The molecule has 0 saturated carbocycles. The number of fused-ring (bicyclic) bond motifs is 1. The minimum absolute atomic E-state index is 0.247. The second-order valence-corrected chi connectivity index (χ2v) is 6.88. The Labute approximate surface area is 167 Å². The van der Waals surface area contributed by atoms with Gasteiger partial charge in [-0.25, -0.2) is 9.78 Å². The maximum atomic E-state index is 13.0. The number of hydrogen-bond acceptors (Lipinski definition) is 5. The van der Waals surface area contributed by atoms with Crippen LogP contribution in [0.5, 0.6) is 11.5 Å². The predicted octanol–water partition coefficient (Wildman–Crippen LogP) is 5.24. The fourth-order valence-corrected chi connectivity index (χ4v) is 3.47. The first-order valence-corrected chi connectivity index (χ1v) is 9.38. The molecule has 1 aliphatic heterocycles. The van der Waals surface area contributed by atoms with Gasteiger partial charge in [0.1, 0.15) is 13.2 Å². The minimum Gasteiger partial charge on any atom is -0.486 e. The molecule has 0 atom stereocenters. The number of benzene rings is 2. The summed E-state index contributed by atoms with van der Waals surface area (Å²) >= 11 is 1.15. The Kier molecular flexibility index (Phi) is 5.01. The Morgan fingerprint density at radius 3 is 2.59 bits per heavy atom. The third kappa shape index (κ3) is 4.27. The van der Waals surface area contributed by atoms with Crippen molar-refractivity contribution in [2.24, 2.45) is 0 Å². The number of alkyl halides is 3. The molecular weight excluding hydrogens is 407 g/mol. The average molecular weight is 421 g/mol. The molecule has 29 heavy (non-hydrogen) atoms. The van der Waals surface area contributed by atoms with Gasteiger partial charge in [0, 0.05) is 10.9 Å². The molecule has 2 amide bonds. The van der Waals surface area contributed by atoms with Crippen molar-refractivity contribution in [2.45, 2.75) is 6.18 Å². The smallest absolute Gasteiger partial charge is 0.418 e. The number of nitrogens with one attached hydrogen (secondary N) is 2. The number of aromatic nitrogens is 1. The molecule has 10 heteroatoms. The summed E-state index contributed by atoms with van der Waals surface area (Å²) in [7, 11) is 0. The molecule has 1 aromatic heterocycles. The van der Waals surface area contributed by atoms with Crippen LogP contribution in [0.3, 0.4) is 0 Å². The van der Waals surface area contributed by atoms with Gasteiger partial charge in [-0.1, -0.05) is 12.1 Å². The van der Waals surface area contributed by atoms with Crippen LogP contribution in [0.15, 0.2) is 47.8 Å². The van der Waals surface area contributed by atoms with Crippen LogP contribution < -0.4 is 20.1 Å². The fourth-order valence-electron chi connectivity index (χ4n) is 2.76. The van der Waals surface area contributed by atoms with Crippen molar-refractivity contribution in [3.8, 4) is 22.8 Å². The summed E-state index contributed by atoms with van der Waals surface area (Å²) in [6.07, 6.45) is -4.57. The molecule has 0 saturated heterocycles. The van der Waals surface area contributed by atoms with Crippen LogP contribution in [0, 0.1) is 0 Å². The van der Waals surface area contributed by atoms with Crippen molar-refractivity contribution in [2.75, 3.05) is 23.8 Å². The molecule has 2 aromatic carbocycles. The van der Waals surface area contributed by atoms with E-state index < -0.39 is 17.8 Å². The highest BCUT2D eigenvalue weighted by Crippen LogP contribution is 2.36. The zero-order valence-corrected chi connectivity index (χ0v) is 15.6. The molecule has 4 rings (SSSR count). The number of anilines is 2. The Morgan fingerprint density at radius 1 is 1.03 bits per heavy atom. The topological polar surface area (TPSA) is 72.5 Å². The highest BCUT2D eigenvalue weighted by molar-refractivity contribution is 7.14. The van der Waals surface area contributed by atoms with E-state index in [0.717, 1.165) is 23.0 Å². The van der Waals surface area contributed by atoms with Crippen molar-refractivity contribution >= 4 is 28.2 Å². The van der Waals surface area contributed by atoms with Crippen LogP contribution >= 0.6 is 11.3 Å². The summed E-state index contributed by atoms with van der Waals surface area (Å²) in [6, 6.07) is 9.31. The number of nitrogens with zero attached hydrogens (tertiary/aromatic N) is 1. The van der Waals surface area contributed by atoms with Crippen molar-refractivity contribution in [3.63, 3.8) is 0 Å². The second kappa shape index (κ2) is 7.63. The van der Waals surface area contributed by atoms with Crippen LogP contribution in [-0.4, -0.2) is 24.2 Å². The number of carbonyl (C=O) groups excluding carboxylic acids is 1. The van der Waals surface area contributed by atoms with Crippen LogP contribution in [-0.2, 0) is 6.18 Å². The zero-order valence-electron chi connectivity index (χ0n) is 14.7. The number of rotatable bonds is 3. The second-order valence-electron chi connectivity index (χ2n) is 6.02. The molecule has 0 spiro atoms. The molecule has 2 N–H and O–H groups in total. The first kappa shape index (κ1) is 19.1. The van der Waals surface area contributed by atoms with Gasteiger partial charge in [0.05, 0.1) is 16.9 Å². The van der Waals surface area contributed by atoms with Gasteiger partial charge in [0.15, 0.2) is 16.6 Å². The number of carbonyl (C=O) groups is 1. The predicted molar refractivity (Wildman–Crippen MR) is 103 cm³/mol. The lowest BCUT2D eigenvalue weighted by Crippen LogP contribution is -2.21. The molecule has 150 valence electrons. The Morgan fingerprint density at radius 2 is 1.79 bits per heavy atom. The summed E-state index contributed by atoms with van der Waals surface area (Å²) in [5.74, 6) is 1.26. The average Bonchev–Trinajstić information content (AvgIpc) is 3.15. The standard InChI is InChI=1S/C19H14F3N3O3S/c20-19(21,22)12-3-1-2-4-13(12)23-17(26)25-18-24-14(10-29-18)11-5-6-15-16(9-11)28-8-7-27-15/h1-6,9-10H,7-8H2,(H2,23,24,25,26). The van der Waals surface area contributed by atoms with E-state index in [4.69, 9.17) is 9.47 Å². The summed E-state index contributed by atoms with van der Waals surface area (Å²) < 4.78 is 50.1. The van der Waals surface area contributed by atoms with E-state index in [1.54, 1.807) is 17.5 Å². The van der Waals surface area contributed by atoms with Gasteiger partial charge in [-0.15, -0.1) is 11.3 Å². The van der Waals surface area contributed by atoms with Gasteiger partial charge < -0.3 is 14.8 Å². The van der Waals surface area contributed by atoms with Gasteiger partial charge in [-0.05, 0) is 30.3 Å². The molecule has 2 heterocycles. The summed E-state index contributed by atoms with van der Waals surface area (Å²) in [6.45, 7) is 0.948. The summed E-state index contributed by atoms with van der Waals surface area (Å²) in [5.41, 5.74) is 0.103. The lowest BCUT2D eigenvalue weighted by molar-refractivity contribution is -0.136. The molecule has 0 aliphatic carbocycles. The van der Waals surface area contributed by atoms with E-state index >= 15 is 0 Å². The lowest BCUT2D eigenvalue weighted by atomic mass is 10.1. The van der Waals surface area contributed by atoms with Crippen molar-refractivity contribution in [1.82, 2.24) is 4.98 Å². The highest BCUT2D eigenvalue weighted by Gasteiger charge is 2.33. The molecule has 6 nitrogen and oxygen atoms in total. The van der Waals surface area contributed by atoms with Crippen LogP contribution in [0.1, 0.15) is 5.56 Å². The minimum atomic E-state index is -4.57. The van der Waals surface area contributed by atoms with Crippen LogP contribution in [0.2, 0.25) is 0 Å². The van der Waals surface area contributed by atoms with Gasteiger partial charge >= 0.3 is 12.2 Å². The van der Waals surface area contributed by atoms with Crippen LogP contribution in [0.25, 0.3) is 11.3 Å². The summed E-state index contributed by atoms with van der Waals surface area (Å²) in [4.78, 5) is 16.4. The van der Waals surface area contributed by atoms with Gasteiger partial charge in [0.25, 0.3) is 0 Å². The number of thiazole rings is 1. The Bertz CT molecular complexity index is 1050. The van der Waals surface area contributed by atoms with E-state index in [1.807, 2.05) is 6.07 Å². The first-order valence-electron chi connectivity index (χ1n) is 8.50. The Hall–Kier alpha value is -3.27. The lowest BCUT2D eigenvalue weighted by Gasteiger charge is -2.18. The third-order valence-electron chi connectivity index (χ3n) is 4.04. The maximum absolute atomic E-state index is 13.0. The first-order chi connectivity index (χ1) is 13.9. The van der Waals surface area contributed by atoms with Gasteiger partial charge in [-0.3, -0.25) is 5.32 Å². The fraction of sp³-hybridized carbons (Fsp3) is 0.158. The maximum Gasteiger partial charge on any atom is 0.418 e. The molecule has 0 unspecified atom stereocenters. The molecule has 3 aromatic rings. The van der Waals surface area contributed by atoms with E-state index in [2.05, 4.69) is 15.6 Å². The number of ether oxygens (including phenoxy) is 2. The van der Waals surface area contributed by atoms with E-state index in [0.29, 0.717) is 30.4 Å². The third-order valence-corrected chi connectivity index (χ3v) is 4.80. The Balaban J connectivity index is 1.47. The number of amides is 2. The molecule has 0 fully saturated rings. The SMILES string of the molecule is O=C(Nc1nc(-c2ccc3c(c2)OCCO3)cs1)Nc1ccccc1C(F)(F)F. The van der Waals surface area contributed by atoms with Crippen LogP contribution in [0.4, 0.5) is 28.8 Å². The molecule has 0 radical (unpaired) electrons. The molecule has 0 bridgehead atoms. The van der Waals surface area contributed by atoms with Gasteiger partial charge in [0.2, 0.25) is 0 Å². The number of urea groups is 1. The van der Waals surface area contributed by atoms with E-state index in [-0.39, 0.29) is 10.8 Å². The summed E-state index contributed by atoms with van der Waals surface area (Å²) in [5, 5.41) is 6.65. The van der Waals surface area contributed by atoms with Crippen molar-refractivity contribution in [3.05, 3.63) is 53.4 Å². The van der Waals surface area contributed by atoms with E-state index in [1.165, 1.54) is 18.2 Å².